The Morgan fingerprint density at radius 3 is 2.36 bits per heavy atom. The van der Waals surface area contributed by atoms with Crippen molar-refractivity contribution < 1.29 is 18.0 Å². The lowest BCUT2D eigenvalue weighted by molar-refractivity contribution is -0.137. The summed E-state index contributed by atoms with van der Waals surface area (Å²) in [5.74, 6) is -0.541. The van der Waals surface area contributed by atoms with Crippen molar-refractivity contribution in [3.63, 3.8) is 0 Å². The summed E-state index contributed by atoms with van der Waals surface area (Å²) in [7, 11) is -3.68. The summed E-state index contributed by atoms with van der Waals surface area (Å²) in [5.41, 5.74) is 0.501. The zero-order valence-corrected chi connectivity index (χ0v) is 16.8. The van der Waals surface area contributed by atoms with Crippen molar-refractivity contribution >= 4 is 27.5 Å². The first kappa shape index (κ1) is 20.5. The molecular formula is C20H27N3O4S. The summed E-state index contributed by atoms with van der Waals surface area (Å²) in [5, 5.41) is 2.59. The van der Waals surface area contributed by atoms with Crippen LogP contribution in [0.15, 0.2) is 41.8 Å². The standard InChI is InChI=1S/C20H27N3O4S/c1-2-19(24)21-17-8-10-18(11-9-17)28(26,27)23-14-6-7-16(15-23)20(25)22-12-4-3-5-13-22/h2,8-11,16H,1,3-7,12-15H2,(H,21,24). The average Bonchev–Trinajstić information content (AvgIpc) is 2.74. The van der Waals surface area contributed by atoms with E-state index in [0.29, 0.717) is 18.7 Å². The van der Waals surface area contributed by atoms with Crippen molar-refractivity contribution in [2.75, 3.05) is 31.5 Å². The number of anilines is 1. The lowest BCUT2D eigenvalue weighted by atomic mass is 9.97. The van der Waals surface area contributed by atoms with Crippen LogP contribution in [0.2, 0.25) is 0 Å². The number of sulfonamides is 1. The van der Waals surface area contributed by atoms with Gasteiger partial charge in [0.2, 0.25) is 21.8 Å². The maximum Gasteiger partial charge on any atom is 0.247 e. The molecule has 28 heavy (non-hydrogen) atoms. The molecule has 0 aliphatic carbocycles. The van der Waals surface area contributed by atoms with Crippen LogP contribution < -0.4 is 5.32 Å². The van der Waals surface area contributed by atoms with E-state index in [0.717, 1.165) is 44.8 Å². The molecule has 0 bridgehead atoms. The number of hydrogen-bond donors (Lipinski definition) is 1. The highest BCUT2D eigenvalue weighted by molar-refractivity contribution is 7.89. The zero-order valence-electron chi connectivity index (χ0n) is 16.0. The van der Waals surface area contributed by atoms with Gasteiger partial charge < -0.3 is 10.2 Å². The van der Waals surface area contributed by atoms with Crippen LogP contribution in [0.25, 0.3) is 0 Å². The minimum atomic E-state index is -3.68. The number of hydrogen-bond acceptors (Lipinski definition) is 4. The second-order valence-corrected chi connectivity index (χ2v) is 9.24. The monoisotopic (exact) mass is 405 g/mol. The summed E-state index contributed by atoms with van der Waals surface area (Å²) in [6.45, 7) is 5.59. The van der Waals surface area contributed by atoms with E-state index < -0.39 is 10.0 Å². The van der Waals surface area contributed by atoms with Crippen LogP contribution in [0.1, 0.15) is 32.1 Å². The van der Waals surface area contributed by atoms with E-state index in [1.807, 2.05) is 4.90 Å². The number of amides is 2. The third kappa shape index (κ3) is 4.62. The van der Waals surface area contributed by atoms with E-state index >= 15 is 0 Å². The fraction of sp³-hybridized carbons (Fsp3) is 0.500. The van der Waals surface area contributed by atoms with Gasteiger partial charge in [-0.25, -0.2) is 8.42 Å². The Labute approximate surface area is 166 Å². The van der Waals surface area contributed by atoms with Crippen molar-refractivity contribution in [2.45, 2.75) is 37.0 Å². The number of carbonyl (C=O) groups is 2. The molecule has 0 aromatic heterocycles. The van der Waals surface area contributed by atoms with Crippen molar-refractivity contribution in [3.8, 4) is 0 Å². The van der Waals surface area contributed by atoms with Gasteiger partial charge in [0.25, 0.3) is 0 Å². The van der Waals surface area contributed by atoms with Gasteiger partial charge >= 0.3 is 0 Å². The largest absolute Gasteiger partial charge is 0.342 e. The Balaban J connectivity index is 1.69. The van der Waals surface area contributed by atoms with E-state index in [2.05, 4.69) is 11.9 Å². The lowest BCUT2D eigenvalue weighted by Crippen LogP contribution is -2.47. The number of nitrogens with one attached hydrogen (secondary N) is 1. The number of likely N-dealkylation sites (tertiary alicyclic amines) is 1. The number of nitrogens with zero attached hydrogens (tertiary/aromatic N) is 2. The maximum absolute atomic E-state index is 13.0. The van der Waals surface area contributed by atoms with E-state index in [4.69, 9.17) is 0 Å². The molecule has 2 heterocycles. The molecule has 2 aliphatic heterocycles. The van der Waals surface area contributed by atoms with Gasteiger partial charge in [-0.15, -0.1) is 0 Å². The Morgan fingerprint density at radius 2 is 1.71 bits per heavy atom. The fourth-order valence-corrected chi connectivity index (χ4v) is 5.31. The highest BCUT2D eigenvalue weighted by Gasteiger charge is 2.35. The minimum absolute atomic E-state index is 0.0853. The normalized spacial score (nSPS) is 21.1. The summed E-state index contributed by atoms with van der Waals surface area (Å²) >= 11 is 0. The molecule has 1 atom stereocenters. The molecule has 2 aliphatic rings. The molecule has 152 valence electrons. The summed E-state index contributed by atoms with van der Waals surface area (Å²) in [6.07, 6.45) is 5.76. The van der Waals surface area contributed by atoms with Gasteiger partial charge in [-0.05, 0) is 62.4 Å². The van der Waals surface area contributed by atoms with E-state index in [1.54, 1.807) is 12.1 Å². The Hall–Kier alpha value is -2.19. The molecule has 0 spiro atoms. The molecule has 1 aromatic rings. The molecule has 8 heteroatoms. The van der Waals surface area contributed by atoms with Crippen LogP contribution in [0, 0.1) is 5.92 Å². The average molecular weight is 406 g/mol. The predicted molar refractivity (Wildman–Crippen MR) is 107 cm³/mol. The second kappa shape index (κ2) is 8.87. The number of rotatable bonds is 5. The van der Waals surface area contributed by atoms with Crippen LogP contribution in [-0.2, 0) is 19.6 Å². The first-order valence-electron chi connectivity index (χ1n) is 9.74. The van der Waals surface area contributed by atoms with Crippen molar-refractivity contribution in [2.24, 2.45) is 5.92 Å². The third-order valence-corrected chi connectivity index (χ3v) is 7.23. The Morgan fingerprint density at radius 1 is 1.04 bits per heavy atom. The van der Waals surface area contributed by atoms with E-state index in [1.165, 1.54) is 16.4 Å². The van der Waals surface area contributed by atoms with Crippen LogP contribution in [0.3, 0.4) is 0 Å². The SMILES string of the molecule is C=CC(=O)Nc1ccc(S(=O)(=O)N2CCCC(C(=O)N3CCCCC3)C2)cc1. The molecule has 2 saturated heterocycles. The van der Waals surface area contributed by atoms with Crippen LogP contribution >= 0.6 is 0 Å². The van der Waals surface area contributed by atoms with Crippen LogP contribution in [0.5, 0.6) is 0 Å². The lowest BCUT2D eigenvalue weighted by Gasteiger charge is -2.35. The zero-order chi connectivity index (χ0) is 20.1. The minimum Gasteiger partial charge on any atom is -0.342 e. The Kier molecular flexibility index (Phi) is 6.51. The summed E-state index contributed by atoms with van der Waals surface area (Å²) in [4.78, 5) is 26.2. The maximum atomic E-state index is 13.0. The third-order valence-electron chi connectivity index (χ3n) is 5.35. The molecule has 1 N–H and O–H groups in total. The van der Waals surface area contributed by atoms with Crippen molar-refractivity contribution in [3.05, 3.63) is 36.9 Å². The molecule has 2 amide bonds. The van der Waals surface area contributed by atoms with Crippen LogP contribution in [-0.4, -0.2) is 55.6 Å². The fourth-order valence-electron chi connectivity index (χ4n) is 3.79. The summed E-state index contributed by atoms with van der Waals surface area (Å²) in [6, 6.07) is 6.05. The van der Waals surface area contributed by atoms with E-state index in [9.17, 15) is 18.0 Å². The summed E-state index contributed by atoms with van der Waals surface area (Å²) < 4.78 is 27.5. The highest BCUT2D eigenvalue weighted by atomic mass is 32.2. The van der Waals surface area contributed by atoms with Crippen LogP contribution in [0.4, 0.5) is 5.69 Å². The van der Waals surface area contributed by atoms with Gasteiger partial charge in [0.05, 0.1) is 10.8 Å². The van der Waals surface area contributed by atoms with Gasteiger partial charge in [0, 0.05) is 31.9 Å². The predicted octanol–water partition coefficient (Wildman–Crippen LogP) is 2.22. The van der Waals surface area contributed by atoms with Crippen molar-refractivity contribution in [1.82, 2.24) is 9.21 Å². The van der Waals surface area contributed by atoms with Crippen molar-refractivity contribution in [1.29, 1.82) is 0 Å². The number of carbonyl (C=O) groups excluding carboxylic acids is 2. The molecule has 7 nitrogen and oxygen atoms in total. The Bertz CT molecular complexity index is 830. The van der Waals surface area contributed by atoms with Gasteiger partial charge in [-0.3, -0.25) is 9.59 Å². The molecule has 2 fully saturated rings. The molecule has 0 radical (unpaired) electrons. The quantitative estimate of drug-likeness (QED) is 0.761. The first-order valence-corrected chi connectivity index (χ1v) is 11.2. The molecule has 3 rings (SSSR count). The number of benzene rings is 1. The van der Waals surface area contributed by atoms with Gasteiger partial charge in [-0.2, -0.15) is 4.31 Å². The van der Waals surface area contributed by atoms with Gasteiger partial charge in [0.15, 0.2) is 0 Å². The topological polar surface area (TPSA) is 86.8 Å². The van der Waals surface area contributed by atoms with Gasteiger partial charge in [-0.1, -0.05) is 6.58 Å². The van der Waals surface area contributed by atoms with E-state index in [-0.39, 0.29) is 29.2 Å². The molecule has 0 saturated carbocycles. The molecular weight excluding hydrogens is 378 g/mol. The highest BCUT2D eigenvalue weighted by Crippen LogP contribution is 2.26. The smallest absolute Gasteiger partial charge is 0.247 e. The van der Waals surface area contributed by atoms with Gasteiger partial charge in [0.1, 0.15) is 0 Å². The molecule has 1 aromatic carbocycles. The first-order chi connectivity index (χ1) is 13.4. The number of piperidine rings is 2. The molecule has 1 unspecified atom stereocenters. The second-order valence-electron chi connectivity index (χ2n) is 7.31.